The van der Waals surface area contributed by atoms with Gasteiger partial charge in [-0.25, -0.2) is 0 Å². The number of likely N-dealkylation sites (tertiary alicyclic amines) is 1. The second-order valence-electron chi connectivity index (χ2n) is 5.99. The van der Waals surface area contributed by atoms with Crippen molar-refractivity contribution in [3.8, 4) is 0 Å². The van der Waals surface area contributed by atoms with Crippen LogP contribution < -0.4 is 5.73 Å². The highest BCUT2D eigenvalue weighted by Crippen LogP contribution is 2.34. The van der Waals surface area contributed by atoms with Crippen molar-refractivity contribution in [3.05, 3.63) is 0 Å². The van der Waals surface area contributed by atoms with Crippen molar-refractivity contribution in [3.63, 3.8) is 0 Å². The van der Waals surface area contributed by atoms with Crippen molar-refractivity contribution in [2.75, 3.05) is 19.8 Å². The molecule has 17 heavy (non-hydrogen) atoms. The molecule has 2 saturated heterocycles. The number of rotatable bonds is 2. The molecule has 3 unspecified atom stereocenters. The van der Waals surface area contributed by atoms with Crippen molar-refractivity contribution >= 4 is 5.91 Å². The maximum atomic E-state index is 12.7. The van der Waals surface area contributed by atoms with Gasteiger partial charge in [-0.3, -0.25) is 4.79 Å². The van der Waals surface area contributed by atoms with Crippen LogP contribution in [-0.4, -0.2) is 42.6 Å². The summed E-state index contributed by atoms with van der Waals surface area (Å²) in [5.41, 5.74) is 5.51. The monoisotopic (exact) mass is 240 g/mol. The Morgan fingerprint density at radius 1 is 1.53 bits per heavy atom. The Hall–Kier alpha value is -0.610. The third-order valence-corrected chi connectivity index (χ3v) is 4.34. The van der Waals surface area contributed by atoms with E-state index >= 15 is 0 Å². The highest BCUT2D eigenvalue weighted by atomic mass is 16.5. The molecular weight excluding hydrogens is 216 g/mol. The van der Waals surface area contributed by atoms with Gasteiger partial charge in [-0.1, -0.05) is 13.8 Å². The lowest BCUT2D eigenvalue weighted by Gasteiger charge is -2.35. The van der Waals surface area contributed by atoms with Gasteiger partial charge in [0.1, 0.15) is 0 Å². The molecule has 2 rings (SSSR count). The van der Waals surface area contributed by atoms with Gasteiger partial charge in [-0.2, -0.15) is 0 Å². The standard InChI is InChI=1S/C13H24N2O2/c1-9(2)10-5-4-6-15(10)12(16)13(3)8-17-7-11(13)14/h9-11H,4-8,14H2,1-3H3. The van der Waals surface area contributed by atoms with E-state index in [4.69, 9.17) is 10.5 Å². The van der Waals surface area contributed by atoms with Crippen molar-refractivity contribution < 1.29 is 9.53 Å². The van der Waals surface area contributed by atoms with E-state index in [0.29, 0.717) is 25.2 Å². The first-order valence-corrected chi connectivity index (χ1v) is 6.61. The fourth-order valence-corrected chi connectivity index (χ4v) is 2.98. The average molecular weight is 240 g/mol. The molecule has 0 aliphatic carbocycles. The van der Waals surface area contributed by atoms with E-state index in [0.717, 1.165) is 19.4 Å². The first kappa shape index (κ1) is 12.8. The topological polar surface area (TPSA) is 55.6 Å². The summed E-state index contributed by atoms with van der Waals surface area (Å²) in [6, 6.07) is 0.218. The lowest BCUT2D eigenvalue weighted by molar-refractivity contribution is -0.143. The second kappa shape index (κ2) is 4.58. The van der Waals surface area contributed by atoms with Crippen LogP contribution in [0.3, 0.4) is 0 Å². The summed E-state index contributed by atoms with van der Waals surface area (Å²) < 4.78 is 5.38. The molecule has 1 amide bonds. The Morgan fingerprint density at radius 3 is 2.76 bits per heavy atom. The van der Waals surface area contributed by atoms with Gasteiger partial charge in [0.25, 0.3) is 0 Å². The van der Waals surface area contributed by atoms with Crippen LogP contribution in [0.5, 0.6) is 0 Å². The van der Waals surface area contributed by atoms with Gasteiger partial charge in [-0.15, -0.1) is 0 Å². The summed E-state index contributed by atoms with van der Waals surface area (Å²) in [5.74, 6) is 0.710. The van der Waals surface area contributed by atoms with Crippen LogP contribution >= 0.6 is 0 Å². The summed E-state index contributed by atoms with van der Waals surface area (Å²) in [6.07, 6.45) is 2.23. The molecule has 0 saturated carbocycles. The zero-order valence-electron chi connectivity index (χ0n) is 11.1. The smallest absolute Gasteiger partial charge is 0.232 e. The fraction of sp³-hybridized carbons (Fsp3) is 0.923. The van der Waals surface area contributed by atoms with Gasteiger partial charge < -0.3 is 15.4 Å². The van der Waals surface area contributed by atoms with Gasteiger partial charge >= 0.3 is 0 Å². The van der Waals surface area contributed by atoms with E-state index in [-0.39, 0.29) is 11.9 Å². The normalized spacial score (nSPS) is 38.1. The van der Waals surface area contributed by atoms with Crippen molar-refractivity contribution in [2.45, 2.75) is 45.7 Å². The van der Waals surface area contributed by atoms with Crippen LogP contribution in [-0.2, 0) is 9.53 Å². The summed E-state index contributed by atoms with van der Waals surface area (Å²) in [6.45, 7) is 8.16. The summed E-state index contributed by atoms with van der Waals surface area (Å²) in [4.78, 5) is 14.7. The molecule has 0 aromatic carbocycles. The maximum absolute atomic E-state index is 12.7. The molecular formula is C13H24N2O2. The third kappa shape index (κ3) is 2.08. The Kier molecular flexibility index (Phi) is 3.46. The van der Waals surface area contributed by atoms with Crippen LogP contribution in [0.25, 0.3) is 0 Å². The number of carbonyl (C=O) groups is 1. The quantitative estimate of drug-likeness (QED) is 0.783. The minimum Gasteiger partial charge on any atom is -0.379 e. The van der Waals surface area contributed by atoms with Crippen LogP contribution in [0, 0.1) is 11.3 Å². The van der Waals surface area contributed by atoms with Crippen molar-refractivity contribution in [1.82, 2.24) is 4.90 Å². The van der Waals surface area contributed by atoms with Gasteiger partial charge in [0.15, 0.2) is 0 Å². The molecule has 4 nitrogen and oxygen atoms in total. The van der Waals surface area contributed by atoms with Crippen molar-refractivity contribution in [2.24, 2.45) is 17.1 Å². The van der Waals surface area contributed by atoms with Crippen LogP contribution in [0.4, 0.5) is 0 Å². The molecule has 2 heterocycles. The molecule has 0 bridgehead atoms. The number of carbonyl (C=O) groups excluding carboxylic acids is 1. The van der Waals surface area contributed by atoms with Crippen LogP contribution in [0.2, 0.25) is 0 Å². The minimum absolute atomic E-state index is 0.164. The number of amides is 1. The number of nitrogens with two attached hydrogens (primary N) is 1. The molecule has 2 aliphatic heterocycles. The van der Waals surface area contributed by atoms with E-state index < -0.39 is 5.41 Å². The molecule has 3 atom stereocenters. The Bertz CT molecular complexity index is 306. The largest absolute Gasteiger partial charge is 0.379 e. The Balaban J connectivity index is 2.14. The number of hydrogen-bond acceptors (Lipinski definition) is 3. The summed E-state index contributed by atoms with van der Waals surface area (Å²) in [5, 5.41) is 0. The Labute approximate surface area is 103 Å². The minimum atomic E-state index is -0.516. The second-order valence-corrected chi connectivity index (χ2v) is 5.99. The molecule has 4 heteroatoms. The molecule has 2 N–H and O–H groups in total. The van der Waals surface area contributed by atoms with E-state index in [9.17, 15) is 4.79 Å². The molecule has 0 spiro atoms. The number of hydrogen-bond donors (Lipinski definition) is 1. The van der Waals surface area contributed by atoms with Crippen LogP contribution in [0.15, 0.2) is 0 Å². The summed E-state index contributed by atoms with van der Waals surface area (Å²) >= 11 is 0. The number of nitrogens with zero attached hydrogens (tertiary/aromatic N) is 1. The zero-order valence-corrected chi connectivity index (χ0v) is 11.1. The lowest BCUT2D eigenvalue weighted by Crippen LogP contribution is -2.53. The van der Waals surface area contributed by atoms with E-state index in [2.05, 4.69) is 13.8 Å². The van der Waals surface area contributed by atoms with Gasteiger partial charge in [0.2, 0.25) is 5.91 Å². The highest BCUT2D eigenvalue weighted by molar-refractivity contribution is 5.84. The highest BCUT2D eigenvalue weighted by Gasteiger charge is 2.48. The molecule has 2 aliphatic rings. The average Bonchev–Trinajstić information content (AvgIpc) is 2.86. The summed E-state index contributed by atoms with van der Waals surface area (Å²) in [7, 11) is 0. The van der Waals surface area contributed by atoms with E-state index in [1.165, 1.54) is 0 Å². The predicted octanol–water partition coefficient (Wildman–Crippen LogP) is 0.997. The van der Waals surface area contributed by atoms with E-state index in [1.54, 1.807) is 0 Å². The van der Waals surface area contributed by atoms with E-state index in [1.807, 2.05) is 11.8 Å². The zero-order chi connectivity index (χ0) is 12.6. The predicted molar refractivity (Wildman–Crippen MR) is 66.5 cm³/mol. The molecule has 0 aromatic heterocycles. The first-order chi connectivity index (χ1) is 7.97. The van der Waals surface area contributed by atoms with Gasteiger partial charge in [-0.05, 0) is 25.7 Å². The van der Waals surface area contributed by atoms with Crippen molar-refractivity contribution in [1.29, 1.82) is 0 Å². The molecule has 2 fully saturated rings. The Morgan fingerprint density at radius 2 is 2.24 bits per heavy atom. The SMILES string of the molecule is CC(C)C1CCCN1C(=O)C1(C)COCC1N. The van der Waals surface area contributed by atoms with Crippen LogP contribution in [0.1, 0.15) is 33.6 Å². The van der Waals surface area contributed by atoms with Gasteiger partial charge in [0, 0.05) is 18.6 Å². The maximum Gasteiger partial charge on any atom is 0.232 e. The molecule has 0 aromatic rings. The lowest BCUT2D eigenvalue weighted by atomic mass is 9.83. The molecule has 98 valence electrons. The molecule has 0 radical (unpaired) electrons. The fourth-order valence-electron chi connectivity index (χ4n) is 2.98. The third-order valence-electron chi connectivity index (χ3n) is 4.34. The number of ether oxygens (including phenoxy) is 1. The first-order valence-electron chi connectivity index (χ1n) is 6.61. The van der Waals surface area contributed by atoms with Gasteiger partial charge in [0.05, 0.1) is 18.6 Å².